The summed E-state index contributed by atoms with van der Waals surface area (Å²) in [7, 11) is 0. The molecule has 5 nitrogen and oxygen atoms in total. The summed E-state index contributed by atoms with van der Waals surface area (Å²) in [4.78, 5) is 25.1. The van der Waals surface area contributed by atoms with E-state index in [1.165, 1.54) is 4.90 Å². The van der Waals surface area contributed by atoms with Gasteiger partial charge in [0.1, 0.15) is 11.6 Å². The van der Waals surface area contributed by atoms with E-state index in [9.17, 15) is 9.59 Å². The van der Waals surface area contributed by atoms with Gasteiger partial charge in [-0.1, -0.05) is 18.2 Å². The summed E-state index contributed by atoms with van der Waals surface area (Å²) >= 11 is 4.10. The fourth-order valence-corrected chi connectivity index (χ4v) is 1.95. The number of anilines is 1. The number of benzene rings is 1. The average molecular weight is 296 g/mol. The summed E-state index contributed by atoms with van der Waals surface area (Å²) in [6.45, 7) is 5.27. The van der Waals surface area contributed by atoms with Crippen LogP contribution in [0.15, 0.2) is 30.3 Å². The third-order valence-electron chi connectivity index (χ3n) is 2.44. The van der Waals surface area contributed by atoms with Gasteiger partial charge in [-0.05, 0) is 32.9 Å². The molecule has 0 saturated heterocycles. The van der Waals surface area contributed by atoms with E-state index in [2.05, 4.69) is 12.6 Å². The van der Waals surface area contributed by atoms with Crippen LogP contribution in [0.25, 0.3) is 0 Å². The zero-order chi connectivity index (χ0) is 15.3. The standard InChI is InChI=1S/C14H20N2O3S/c1-14(2,3)19-13(18)16(11(9-20)12(15)17)10-7-5-4-6-8-10/h4-8,11,20H,9H2,1-3H3,(H2,15,17). The number of carbonyl (C=O) groups is 2. The molecule has 0 bridgehead atoms. The van der Waals surface area contributed by atoms with Crippen LogP contribution in [0.5, 0.6) is 0 Å². The third-order valence-corrected chi connectivity index (χ3v) is 2.78. The van der Waals surface area contributed by atoms with Gasteiger partial charge in [-0.2, -0.15) is 12.6 Å². The molecule has 110 valence electrons. The van der Waals surface area contributed by atoms with Gasteiger partial charge in [0, 0.05) is 11.4 Å². The van der Waals surface area contributed by atoms with Crippen molar-refractivity contribution in [2.75, 3.05) is 10.7 Å². The Kier molecular flexibility index (Phi) is 5.44. The molecule has 0 aliphatic rings. The van der Waals surface area contributed by atoms with Gasteiger partial charge in [-0.3, -0.25) is 9.69 Å². The highest BCUT2D eigenvalue weighted by Crippen LogP contribution is 2.21. The van der Waals surface area contributed by atoms with Crippen molar-refractivity contribution in [1.29, 1.82) is 0 Å². The Hall–Kier alpha value is -1.69. The third kappa shape index (κ3) is 4.45. The van der Waals surface area contributed by atoms with Crippen LogP contribution in [-0.2, 0) is 9.53 Å². The fraction of sp³-hybridized carbons (Fsp3) is 0.429. The molecular formula is C14H20N2O3S. The van der Waals surface area contributed by atoms with Crippen LogP contribution < -0.4 is 10.6 Å². The molecule has 0 aliphatic heterocycles. The van der Waals surface area contributed by atoms with Crippen molar-refractivity contribution in [2.45, 2.75) is 32.4 Å². The Balaban J connectivity index is 3.14. The maximum Gasteiger partial charge on any atom is 0.415 e. The molecule has 2 amide bonds. The molecule has 6 heteroatoms. The predicted octanol–water partition coefficient (Wildman–Crippen LogP) is 2.21. The lowest BCUT2D eigenvalue weighted by Gasteiger charge is -2.31. The number of ether oxygens (including phenoxy) is 1. The molecular weight excluding hydrogens is 276 g/mol. The second-order valence-corrected chi connectivity index (χ2v) is 5.65. The first-order valence-corrected chi connectivity index (χ1v) is 6.87. The molecule has 1 rings (SSSR count). The molecule has 1 atom stereocenters. The zero-order valence-corrected chi connectivity index (χ0v) is 12.8. The number of primary amides is 1. The summed E-state index contributed by atoms with van der Waals surface area (Å²) in [6.07, 6.45) is -0.624. The second-order valence-electron chi connectivity index (χ2n) is 5.29. The molecule has 1 aromatic carbocycles. The fourth-order valence-electron chi connectivity index (χ4n) is 1.61. The van der Waals surface area contributed by atoms with Crippen molar-refractivity contribution >= 4 is 30.3 Å². The molecule has 0 fully saturated rings. The lowest BCUT2D eigenvalue weighted by atomic mass is 10.2. The van der Waals surface area contributed by atoms with Gasteiger partial charge in [0.05, 0.1) is 0 Å². The van der Waals surface area contributed by atoms with E-state index in [4.69, 9.17) is 10.5 Å². The quantitative estimate of drug-likeness (QED) is 0.837. The molecule has 20 heavy (non-hydrogen) atoms. The van der Waals surface area contributed by atoms with Crippen molar-refractivity contribution in [1.82, 2.24) is 0 Å². The van der Waals surface area contributed by atoms with Crippen molar-refractivity contribution in [3.05, 3.63) is 30.3 Å². The summed E-state index contributed by atoms with van der Waals surface area (Å²) in [5.41, 5.74) is 5.23. The largest absolute Gasteiger partial charge is 0.443 e. The molecule has 0 aliphatic carbocycles. The molecule has 2 N–H and O–H groups in total. The highest BCUT2D eigenvalue weighted by Gasteiger charge is 2.32. The van der Waals surface area contributed by atoms with Crippen LogP contribution >= 0.6 is 12.6 Å². The minimum atomic E-state index is -0.865. The van der Waals surface area contributed by atoms with Gasteiger partial charge in [-0.15, -0.1) is 0 Å². The Morgan fingerprint density at radius 1 is 1.30 bits per heavy atom. The van der Waals surface area contributed by atoms with Crippen molar-refractivity contribution < 1.29 is 14.3 Å². The SMILES string of the molecule is CC(C)(C)OC(=O)N(c1ccccc1)C(CS)C(N)=O. The van der Waals surface area contributed by atoms with Crippen molar-refractivity contribution in [3.63, 3.8) is 0 Å². The van der Waals surface area contributed by atoms with Crippen LogP contribution in [0, 0.1) is 0 Å². The number of nitrogens with two attached hydrogens (primary N) is 1. The molecule has 0 radical (unpaired) electrons. The number of hydrogen-bond donors (Lipinski definition) is 2. The first kappa shape index (κ1) is 16.4. The predicted molar refractivity (Wildman–Crippen MR) is 82.0 cm³/mol. The number of amides is 2. The Morgan fingerprint density at radius 3 is 2.25 bits per heavy atom. The monoisotopic (exact) mass is 296 g/mol. The summed E-state index contributed by atoms with van der Waals surface area (Å²) in [6, 6.07) is 7.91. The smallest absolute Gasteiger partial charge is 0.415 e. The molecule has 1 aromatic rings. The van der Waals surface area contributed by atoms with Gasteiger partial charge >= 0.3 is 6.09 Å². The van der Waals surface area contributed by atoms with Crippen LogP contribution in [0.4, 0.5) is 10.5 Å². The highest BCUT2D eigenvalue weighted by atomic mass is 32.1. The summed E-state index contributed by atoms with van der Waals surface area (Å²) in [5.74, 6) is -0.515. The van der Waals surface area contributed by atoms with E-state index in [1.54, 1.807) is 45.0 Å². The van der Waals surface area contributed by atoms with Crippen LogP contribution in [0.1, 0.15) is 20.8 Å². The van der Waals surface area contributed by atoms with E-state index < -0.39 is 23.6 Å². The van der Waals surface area contributed by atoms with Gasteiger partial charge in [0.2, 0.25) is 5.91 Å². The van der Waals surface area contributed by atoms with E-state index in [-0.39, 0.29) is 5.75 Å². The maximum atomic E-state index is 12.3. The van der Waals surface area contributed by atoms with E-state index in [0.29, 0.717) is 5.69 Å². The first-order chi connectivity index (χ1) is 9.26. The highest BCUT2D eigenvalue weighted by molar-refractivity contribution is 7.80. The molecule has 1 unspecified atom stereocenters. The minimum absolute atomic E-state index is 0.115. The first-order valence-electron chi connectivity index (χ1n) is 6.23. The van der Waals surface area contributed by atoms with Crippen LogP contribution in [-0.4, -0.2) is 29.4 Å². The van der Waals surface area contributed by atoms with Crippen molar-refractivity contribution in [3.8, 4) is 0 Å². The van der Waals surface area contributed by atoms with Gasteiger partial charge in [0.15, 0.2) is 0 Å². The van der Waals surface area contributed by atoms with Crippen LogP contribution in [0.2, 0.25) is 0 Å². The lowest BCUT2D eigenvalue weighted by Crippen LogP contribution is -2.51. The Bertz CT molecular complexity index is 471. The number of para-hydroxylation sites is 1. The molecule has 0 spiro atoms. The van der Waals surface area contributed by atoms with Crippen molar-refractivity contribution in [2.24, 2.45) is 5.73 Å². The van der Waals surface area contributed by atoms with Gasteiger partial charge in [-0.25, -0.2) is 4.79 Å². The number of thiol groups is 1. The number of carbonyl (C=O) groups excluding carboxylic acids is 2. The number of nitrogens with zero attached hydrogens (tertiary/aromatic N) is 1. The summed E-state index contributed by atoms with van der Waals surface area (Å²) in [5, 5.41) is 0. The molecule has 0 heterocycles. The molecule has 0 saturated carbocycles. The Morgan fingerprint density at radius 2 is 1.85 bits per heavy atom. The Labute approximate surface area is 124 Å². The topological polar surface area (TPSA) is 72.6 Å². The van der Waals surface area contributed by atoms with Gasteiger partial charge in [0.25, 0.3) is 0 Å². The number of hydrogen-bond acceptors (Lipinski definition) is 4. The summed E-state index contributed by atoms with van der Waals surface area (Å²) < 4.78 is 5.33. The van der Waals surface area contributed by atoms with E-state index >= 15 is 0 Å². The van der Waals surface area contributed by atoms with E-state index in [1.807, 2.05) is 6.07 Å². The average Bonchev–Trinajstić information content (AvgIpc) is 2.33. The maximum absolute atomic E-state index is 12.3. The van der Waals surface area contributed by atoms with Crippen LogP contribution in [0.3, 0.4) is 0 Å². The second kappa shape index (κ2) is 6.65. The lowest BCUT2D eigenvalue weighted by molar-refractivity contribution is -0.118. The zero-order valence-electron chi connectivity index (χ0n) is 11.9. The van der Waals surface area contributed by atoms with E-state index in [0.717, 1.165) is 0 Å². The minimum Gasteiger partial charge on any atom is -0.443 e. The molecule has 0 aromatic heterocycles. The number of rotatable bonds is 4. The van der Waals surface area contributed by atoms with Gasteiger partial charge < -0.3 is 10.5 Å². The normalized spacial score (nSPS) is 12.6.